The van der Waals surface area contributed by atoms with Gasteiger partial charge in [-0.3, -0.25) is 4.90 Å². The van der Waals surface area contributed by atoms with Crippen molar-refractivity contribution in [3.8, 4) is 0 Å². The van der Waals surface area contributed by atoms with E-state index in [1.807, 2.05) is 30.3 Å². The quantitative estimate of drug-likeness (QED) is 0.321. The molecule has 1 aliphatic heterocycles. The molecule has 7 nitrogen and oxygen atoms in total. The Hall–Kier alpha value is -2.80. The van der Waals surface area contributed by atoms with Crippen molar-refractivity contribution in [2.45, 2.75) is 30.3 Å². The number of piperazine rings is 1. The van der Waals surface area contributed by atoms with Crippen molar-refractivity contribution in [3.05, 3.63) is 59.5 Å². The van der Waals surface area contributed by atoms with Gasteiger partial charge >= 0.3 is 6.18 Å². The summed E-state index contributed by atoms with van der Waals surface area (Å²) >= 11 is 1.37. The van der Waals surface area contributed by atoms with Crippen molar-refractivity contribution in [3.63, 3.8) is 0 Å². The number of benzene rings is 1. The maximum absolute atomic E-state index is 13.5. The van der Waals surface area contributed by atoms with Gasteiger partial charge in [0, 0.05) is 44.2 Å². The minimum absolute atomic E-state index is 0.0903. The fourth-order valence-electron chi connectivity index (χ4n) is 4.14. The van der Waals surface area contributed by atoms with Gasteiger partial charge in [-0.1, -0.05) is 24.3 Å². The summed E-state index contributed by atoms with van der Waals surface area (Å²) in [6, 6.07) is 3.88. The highest BCUT2D eigenvalue weighted by atomic mass is 32.2. The van der Waals surface area contributed by atoms with Gasteiger partial charge in [0.2, 0.25) is 0 Å². The number of nitrogens with zero attached hydrogens (tertiary/aromatic N) is 5. The molecule has 1 fully saturated rings. The number of halogens is 3. The molecule has 2 aromatic heterocycles. The molecule has 1 aliphatic rings. The summed E-state index contributed by atoms with van der Waals surface area (Å²) in [6.07, 6.45) is 2.00. The standard InChI is InChI=1S/C25H29F3N6OS2/c1-17(2)8-9-21-29-14-22(36-21)37(4,35)34-12-10-33(11-13-34)15-18(3)32-24-19-6-5-7-20(25(26,27)28)23(19)30-16-31-24/h5-9,14,16,18H,1,4,10-13,15H2,2-3H3,(H,30,31,32)/t18-,37?/m0/s1. The number of hydrogen-bond donors (Lipinski definition) is 1. The Kier molecular flexibility index (Phi) is 8.02. The third kappa shape index (κ3) is 6.38. The lowest BCUT2D eigenvalue weighted by atomic mass is 10.1. The molecule has 1 aromatic carbocycles. The van der Waals surface area contributed by atoms with Crippen LogP contribution in [0.3, 0.4) is 0 Å². The van der Waals surface area contributed by atoms with Gasteiger partial charge in [0.15, 0.2) is 0 Å². The number of rotatable bonds is 8. The Morgan fingerprint density at radius 2 is 1.97 bits per heavy atom. The molecule has 1 N–H and O–H groups in total. The molecule has 0 bridgehead atoms. The number of hydrogen-bond acceptors (Lipinski definition) is 7. The van der Waals surface area contributed by atoms with Gasteiger partial charge in [-0.2, -0.15) is 13.2 Å². The number of para-hydroxylation sites is 1. The van der Waals surface area contributed by atoms with E-state index in [9.17, 15) is 17.4 Å². The molecule has 1 saturated heterocycles. The molecule has 0 spiro atoms. The van der Waals surface area contributed by atoms with E-state index in [1.165, 1.54) is 17.4 Å². The number of aromatic nitrogens is 3. The zero-order valence-electron chi connectivity index (χ0n) is 20.7. The van der Waals surface area contributed by atoms with Crippen molar-refractivity contribution >= 4 is 49.7 Å². The Morgan fingerprint density at radius 3 is 2.65 bits per heavy atom. The van der Waals surface area contributed by atoms with Crippen LogP contribution in [0.5, 0.6) is 0 Å². The van der Waals surface area contributed by atoms with Crippen LogP contribution in [0.2, 0.25) is 0 Å². The monoisotopic (exact) mass is 550 g/mol. The van der Waals surface area contributed by atoms with Crippen LogP contribution in [0.1, 0.15) is 24.4 Å². The summed E-state index contributed by atoms with van der Waals surface area (Å²) in [5.41, 5.74) is 0.00154. The second kappa shape index (κ2) is 10.9. The topological polar surface area (TPSA) is 74.2 Å². The first kappa shape index (κ1) is 27.2. The third-order valence-corrected chi connectivity index (χ3v) is 9.68. The first-order valence-electron chi connectivity index (χ1n) is 11.7. The van der Waals surface area contributed by atoms with Gasteiger partial charge in [-0.15, -0.1) is 11.3 Å². The molecule has 0 saturated carbocycles. The second-order valence-corrected chi connectivity index (χ2v) is 12.6. The van der Waals surface area contributed by atoms with Crippen LogP contribution in [0.4, 0.5) is 19.0 Å². The van der Waals surface area contributed by atoms with Crippen LogP contribution < -0.4 is 5.32 Å². The first-order chi connectivity index (χ1) is 17.4. The first-order valence-corrected chi connectivity index (χ1v) is 14.2. The van der Waals surface area contributed by atoms with Crippen LogP contribution in [-0.2, 0) is 15.9 Å². The molecule has 1 unspecified atom stereocenters. The fraction of sp³-hybridized carbons (Fsp3) is 0.360. The molecular formula is C25H29F3N6OS2. The Balaban J connectivity index is 1.37. The molecule has 12 heteroatoms. The highest BCUT2D eigenvalue weighted by Gasteiger charge is 2.33. The molecule has 0 amide bonds. The van der Waals surface area contributed by atoms with Gasteiger partial charge < -0.3 is 5.32 Å². The maximum atomic E-state index is 13.5. The fourth-order valence-corrected chi connectivity index (χ4v) is 7.01. The Bertz CT molecular complexity index is 1410. The van der Waals surface area contributed by atoms with Crippen LogP contribution in [0, 0.1) is 0 Å². The van der Waals surface area contributed by atoms with E-state index in [4.69, 9.17) is 0 Å². The summed E-state index contributed by atoms with van der Waals surface area (Å²) in [7, 11) is -2.64. The predicted octanol–water partition coefficient (Wildman–Crippen LogP) is 4.80. The minimum atomic E-state index is -4.49. The molecular weight excluding hydrogens is 521 g/mol. The molecule has 198 valence electrons. The van der Waals surface area contributed by atoms with Crippen LogP contribution in [0.15, 0.2) is 53.2 Å². The van der Waals surface area contributed by atoms with Crippen molar-refractivity contribution in [1.29, 1.82) is 0 Å². The van der Waals surface area contributed by atoms with E-state index < -0.39 is 21.4 Å². The molecule has 37 heavy (non-hydrogen) atoms. The Labute approximate surface area is 218 Å². The average molecular weight is 551 g/mol. The lowest BCUT2D eigenvalue weighted by molar-refractivity contribution is -0.136. The van der Waals surface area contributed by atoms with Crippen molar-refractivity contribution < 1.29 is 17.4 Å². The number of anilines is 1. The zero-order chi connectivity index (χ0) is 26.8. The number of alkyl halides is 3. The summed E-state index contributed by atoms with van der Waals surface area (Å²) < 4.78 is 56.2. The van der Waals surface area contributed by atoms with Gasteiger partial charge in [-0.05, 0) is 37.9 Å². The molecule has 3 aromatic rings. The number of nitrogens with one attached hydrogen (secondary N) is 1. The number of thiazole rings is 1. The van der Waals surface area contributed by atoms with E-state index >= 15 is 0 Å². The predicted molar refractivity (Wildman–Crippen MR) is 145 cm³/mol. The van der Waals surface area contributed by atoms with Crippen LogP contribution in [0.25, 0.3) is 17.0 Å². The van der Waals surface area contributed by atoms with E-state index in [0.717, 1.165) is 23.0 Å². The molecule has 0 aliphatic carbocycles. The smallest absolute Gasteiger partial charge is 0.366 e. The van der Waals surface area contributed by atoms with E-state index in [2.05, 4.69) is 37.6 Å². The number of fused-ring (bicyclic) bond motifs is 1. The summed E-state index contributed by atoms with van der Waals surface area (Å²) in [6.45, 7) is 10.8. The summed E-state index contributed by atoms with van der Waals surface area (Å²) in [5, 5.41) is 4.32. The largest absolute Gasteiger partial charge is 0.418 e. The van der Waals surface area contributed by atoms with E-state index in [-0.39, 0.29) is 11.6 Å². The molecule has 4 rings (SSSR count). The maximum Gasteiger partial charge on any atom is 0.418 e. The molecule has 3 heterocycles. The van der Waals surface area contributed by atoms with Gasteiger partial charge in [0.25, 0.3) is 0 Å². The highest BCUT2D eigenvalue weighted by molar-refractivity contribution is 7.99. The average Bonchev–Trinajstić information content (AvgIpc) is 3.32. The van der Waals surface area contributed by atoms with E-state index in [0.29, 0.717) is 48.1 Å². The lowest BCUT2D eigenvalue weighted by Crippen LogP contribution is -2.50. The van der Waals surface area contributed by atoms with Crippen molar-refractivity contribution in [1.82, 2.24) is 24.2 Å². The van der Waals surface area contributed by atoms with Crippen molar-refractivity contribution in [2.75, 3.05) is 38.0 Å². The second-order valence-electron chi connectivity index (χ2n) is 9.03. The zero-order valence-corrected chi connectivity index (χ0v) is 22.3. The summed E-state index contributed by atoms with van der Waals surface area (Å²) in [5.74, 6) is 4.39. The lowest BCUT2D eigenvalue weighted by Gasteiger charge is -2.37. The minimum Gasteiger partial charge on any atom is -0.366 e. The van der Waals surface area contributed by atoms with Crippen LogP contribution >= 0.6 is 11.3 Å². The highest BCUT2D eigenvalue weighted by Crippen LogP contribution is 2.35. The van der Waals surface area contributed by atoms with Crippen LogP contribution in [-0.4, -0.2) is 73.0 Å². The van der Waals surface area contributed by atoms with Gasteiger partial charge in [-0.25, -0.2) is 23.5 Å². The molecule has 0 radical (unpaired) electrons. The van der Waals surface area contributed by atoms with Gasteiger partial charge in [0.05, 0.1) is 27.0 Å². The third-order valence-electron chi connectivity index (χ3n) is 5.96. The summed E-state index contributed by atoms with van der Waals surface area (Å²) in [4.78, 5) is 14.6. The number of allylic oxidation sites excluding steroid dienone is 2. The SMILES string of the molecule is C=C(C)C=Cc1ncc(S(=C)(=O)N2CCN(C[C@H](C)Nc3ncnc4c(C(F)(F)F)cccc34)CC2)s1. The normalized spacial score (nSPS) is 18.2. The van der Waals surface area contributed by atoms with Crippen molar-refractivity contribution in [2.24, 2.45) is 0 Å². The molecule has 2 atom stereocenters. The Morgan fingerprint density at radius 1 is 1.24 bits per heavy atom. The van der Waals surface area contributed by atoms with E-state index in [1.54, 1.807) is 12.3 Å². The van der Waals surface area contributed by atoms with Gasteiger partial charge in [0.1, 0.15) is 21.4 Å².